The molecule has 0 aliphatic heterocycles. The number of fused-ring (bicyclic) bond motifs is 1. The number of thioether (sulfide) groups is 1. The zero-order chi connectivity index (χ0) is 14.7. The van der Waals surface area contributed by atoms with Gasteiger partial charge in [-0.05, 0) is 45.9 Å². The summed E-state index contributed by atoms with van der Waals surface area (Å²) in [7, 11) is 0. The molecule has 0 aliphatic carbocycles. The summed E-state index contributed by atoms with van der Waals surface area (Å²) in [6.07, 6.45) is -0.574. The second-order valence-corrected chi connectivity index (χ2v) is 6.35. The highest BCUT2D eigenvalue weighted by atomic mass is 32.2. The second kappa shape index (κ2) is 6.33. The van der Waals surface area contributed by atoms with Gasteiger partial charge < -0.3 is 5.11 Å². The molecule has 0 bridgehead atoms. The van der Waals surface area contributed by atoms with Crippen molar-refractivity contribution >= 4 is 22.5 Å². The fraction of sp³-hybridized carbons (Fsp3) is 0.158. The monoisotopic (exact) mass is 294 g/mol. The van der Waals surface area contributed by atoms with Crippen LogP contribution in [0.1, 0.15) is 24.2 Å². The lowest BCUT2D eigenvalue weighted by Gasteiger charge is -2.13. The molecule has 1 unspecified atom stereocenters. The fourth-order valence-corrected chi connectivity index (χ4v) is 3.15. The Labute approximate surface area is 129 Å². The average Bonchev–Trinajstić information content (AvgIpc) is 2.55. The van der Waals surface area contributed by atoms with E-state index < -0.39 is 6.10 Å². The SMILES string of the molecule is CCSc1ccc(C(O)c2ccc3ccccc3c2)cc1. The van der Waals surface area contributed by atoms with Crippen molar-refractivity contribution in [3.05, 3.63) is 77.9 Å². The van der Waals surface area contributed by atoms with Gasteiger partial charge in [0.25, 0.3) is 0 Å². The second-order valence-electron chi connectivity index (χ2n) is 5.01. The minimum absolute atomic E-state index is 0.574. The number of hydrogen-bond acceptors (Lipinski definition) is 2. The van der Waals surface area contributed by atoms with E-state index in [1.165, 1.54) is 10.3 Å². The van der Waals surface area contributed by atoms with Crippen molar-refractivity contribution in [1.82, 2.24) is 0 Å². The summed E-state index contributed by atoms with van der Waals surface area (Å²) in [4.78, 5) is 1.24. The van der Waals surface area contributed by atoms with E-state index in [0.29, 0.717) is 0 Å². The number of rotatable bonds is 4. The van der Waals surface area contributed by atoms with E-state index in [1.807, 2.05) is 42.1 Å². The molecular weight excluding hydrogens is 276 g/mol. The molecule has 1 nitrogen and oxygen atoms in total. The Morgan fingerprint density at radius 1 is 0.857 bits per heavy atom. The summed E-state index contributed by atoms with van der Waals surface area (Å²) in [6, 6.07) is 22.5. The van der Waals surface area contributed by atoms with Gasteiger partial charge in [-0.25, -0.2) is 0 Å². The molecule has 1 atom stereocenters. The Bertz CT molecular complexity index is 734. The third kappa shape index (κ3) is 3.12. The maximum Gasteiger partial charge on any atom is 0.104 e. The normalized spacial score (nSPS) is 12.5. The van der Waals surface area contributed by atoms with Crippen LogP contribution in [0.4, 0.5) is 0 Å². The van der Waals surface area contributed by atoms with Crippen molar-refractivity contribution in [3.8, 4) is 0 Å². The van der Waals surface area contributed by atoms with E-state index in [9.17, 15) is 5.11 Å². The number of aliphatic hydroxyl groups excluding tert-OH is 1. The van der Waals surface area contributed by atoms with Crippen molar-refractivity contribution in [3.63, 3.8) is 0 Å². The Kier molecular flexibility index (Phi) is 4.28. The lowest BCUT2D eigenvalue weighted by atomic mass is 9.99. The van der Waals surface area contributed by atoms with Crippen molar-refractivity contribution < 1.29 is 5.11 Å². The van der Waals surface area contributed by atoms with Gasteiger partial charge in [0, 0.05) is 4.90 Å². The zero-order valence-electron chi connectivity index (χ0n) is 12.0. The standard InChI is InChI=1S/C19H18OS/c1-2-21-18-11-9-15(10-12-18)19(20)17-8-7-14-5-3-4-6-16(14)13-17/h3-13,19-20H,2H2,1H3. The molecule has 106 valence electrons. The van der Waals surface area contributed by atoms with Crippen LogP contribution < -0.4 is 0 Å². The molecule has 0 saturated heterocycles. The van der Waals surface area contributed by atoms with E-state index in [0.717, 1.165) is 22.3 Å². The van der Waals surface area contributed by atoms with Crippen LogP contribution in [0, 0.1) is 0 Å². The molecule has 0 spiro atoms. The minimum Gasteiger partial charge on any atom is -0.384 e. The summed E-state index contributed by atoms with van der Waals surface area (Å²) >= 11 is 1.81. The third-order valence-electron chi connectivity index (χ3n) is 3.60. The zero-order valence-corrected chi connectivity index (χ0v) is 12.8. The quantitative estimate of drug-likeness (QED) is 0.681. The maximum absolute atomic E-state index is 10.6. The molecule has 0 aromatic heterocycles. The van der Waals surface area contributed by atoms with Crippen LogP contribution in [-0.2, 0) is 0 Å². The first-order chi connectivity index (χ1) is 10.3. The molecule has 0 radical (unpaired) electrons. The van der Waals surface area contributed by atoms with Crippen LogP contribution in [0.3, 0.4) is 0 Å². The third-order valence-corrected chi connectivity index (χ3v) is 4.49. The molecule has 0 saturated carbocycles. The van der Waals surface area contributed by atoms with Gasteiger partial charge in [0.2, 0.25) is 0 Å². The summed E-state index contributed by atoms with van der Waals surface area (Å²) in [5, 5.41) is 12.9. The summed E-state index contributed by atoms with van der Waals surface area (Å²) < 4.78 is 0. The molecular formula is C19H18OS. The summed E-state index contributed by atoms with van der Waals surface area (Å²) in [5.74, 6) is 1.06. The van der Waals surface area contributed by atoms with E-state index in [4.69, 9.17) is 0 Å². The largest absolute Gasteiger partial charge is 0.384 e. The maximum atomic E-state index is 10.6. The van der Waals surface area contributed by atoms with Gasteiger partial charge in [-0.3, -0.25) is 0 Å². The first kappa shape index (κ1) is 14.2. The average molecular weight is 294 g/mol. The first-order valence-electron chi connectivity index (χ1n) is 7.17. The van der Waals surface area contributed by atoms with Gasteiger partial charge >= 0.3 is 0 Å². The predicted octanol–water partition coefficient (Wildman–Crippen LogP) is 5.03. The number of aliphatic hydroxyl groups is 1. The van der Waals surface area contributed by atoms with Crippen LogP contribution >= 0.6 is 11.8 Å². The number of benzene rings is 3. The van der Waals surface area contributed by atoms with Crippen molar-refractivity contribution in [2.24, 2.45) is 0 Å². The van der Waals surface area contributed by atoms with Gasteiger partial charge in [-0.2, -0.15) is 0 Å². The van der Waals surface area contributed by atoms with Crippen molar-refractivity contribution in [2.75, 3.05) is 5.75 Å². The minimum atomic E-state index is -0.574. The van der Waals surface area contributed by atoms with Gasteiger partial charge in [-0.1, -0.05) is 55.5 Å². The van der Waals surface area contributed by atoms with Gasteiger partial charge in [-0.15, -0.1) is 11.8 Å². The molecule has 0 heterocycles. The van der Waals surface area contributed by atoms with E-state index in [2.05, 4.69) is 43.3 Å². The molecule has 3 aromatic rings. The Hall–Kier alpha value is -1.77. The van der Waals surface area contributed by atoms with E-state index in [1.54, 1.807) is 0 Å². The molecule has 21 heavy (non-hydrogen) atoms. The molecule has 0 aliphatic rings. The van der Waals surface area contributed by atoms with Gasteiger partial charge in [0.15, 0.2) is 0 Å². The first-order valence-corrected chi connectivity index (χ1v) is 8.16. The van der Waals surface area contributed by atoms with Crippen LogP contribution in [-0.4, -0.2) is 10.9 Å². The summed E-state index contributed by atoms with van der Waals surface area (Å²) in [6.45, 7) is 2.14. The van der Waals surface area contributed by atoms with E-state index >= 15 is 0 Å². The van der Waals surface area contributed by atoms with Crippen LogP contribution in [0.25, 0.3) is 10.8 Å². The molecule has 2 heteroatoms. The Morgan fingerprint density at radius 3 is 2.24 bits per heavy atom. The lowest BCUT2D eigenvalue weighted by Crippen LogP contribution is -1.99. The highest BCUT2D eigenvalue weighted by Crippen LogP contribution is 2.27. The molecule has 3 rings (SSSR count). The molecule has 0 amide bonds. The van der Waals surface area contributed by atoms with E-state index in [-0.39, 0.29) is 0 Å². The summed E-state index contributed by atoms with van der Waals surface area (Å²) in [5.41, 5.74) is 1.87. The number of hydrogen-bond donors (Lipinski definition) is 1. The Morgan fingerprint density at radius 2 is 1.52 bits per heavy atom. The fourth-order valence-electron chi connectivity index (χ4n) is 2.48. The predicted molar refractivity (Wildman–Crippen MR) is 90.8 cm³/mol. The van der Waals surface area contributed by atoms with Crippen LogP contribution in [0.5, 0.6) is 0 Å². The van der Waals surface area contributed by atoms with Crippen LogP contribution in [0.2, 0.25) is 0 Å². The van der Waals surface area contributed by atoms with Crippen molar-refractivity contribution in [2.45, 2.75) is 17.9 Å². The van der Waals surface area contributed by atoms with Crippen molar-refractivity contribution in [1.29, 1.82) is 0 Å². The van der Waals surface area contributed by atoms with Crippen LogP contribution in [0.15, 0.2) is 71.6 Å². The molecule has 0 fully saturated rings. The van der Waals surface area contributed by atoms with Gasteiger partial charge in [0.05, 0.1) is 0 Å². The lowest BCUT2D eigenvalue weighted by molar-refractivity contribution is 0.220. The Balaban J connectivity index is 1.90. The van der Waals surface area contributed by atoms with Gasteiger partial charge in [0.1, 0.15) is 6.10 Å². The topological polar surface area (TPSA) is 20.2 Å². The highest BCUT2D eigenvalue weighted by Gasteiger charge is 2.10. The molecule has 3 aromatic carbocycles. The smallest absolute Gasteiger partial charge is 0.104 e. The molecule has 1 N–H and O–H groups in total. The highest BCUT2D eigenvalue weighted by molar-refractivity contribution is 7.99.